The molecule has 0 bridgehead atoms. The van der Waals surface area contributed by atoms with Crippen LogP contribution < -0.4 is 5.32 Å². The van der Waals surface area contributed by atoms with E-state index in [1.807, 2.05) is 17.6 Å². The van der Waals surface area contributed by atoms with E-state index in [4.69, 9.17) is 12.2 Å². The average Bonchev–Trinajstić information content (AvgIpc) is 3.32. The number of thiazole rings is 1. The van der Waals surface area contributed by atoms with Gasteiger partial charge in [-0.3, -0.25) is 24.3 Å². The molecule has 0 saturated carbocycles. The number of allylic oxidation sites excluding steroid dienone is 1. The molecule has 2 aromatic heterocycles. The number of carbonyl (C=O) groups is 1. The molecular formula is C22H27N7OS2. The number of piperazine rings is 1. The lowest BCUT2D eigenvalue weighted by atomic mass is 10.2. The fraction of sp³-hybridized carbons (Fsp3) is 0.364. The topological polar surface area (TPSA) is 82.1 Å². The van der Waals surface area contributed by atoms with Gasteiger partial charge < -0.3 is 5.32 Å². The van der Waals surface area contributed by atoms with E-state index in [1.165, 1.54) is 16.9 Å². The van der Waals surface area contributed by atoms with Crippen molar-refractivity contribution in [2.24, 2.45) is 0 Å². The van der Waals surface area contributed by atoms with Crippen molar-refractivity contribution < 1.29 is 4.79 Å². The number of rotatable bonds is 8. The van der Waals surface area contributed by atoms with Gasteiger partial charge in [-0.2, -0.15) is 5.10 Å². The number of benzene rings is 1. The number of anilines is 1. The molecular weight excluding hydrogens is 442 g/mol. The van der Waals surface area contributed by atoms with Gasteiger partial charge in [0.15, 0.2) is 15.7 Å². The van der Waals surface area contributed by atoms with Crippen molar-refractivity contribution >= 4 is 34.6 Å². The van der Waals surface area contributed by atoms with Crippen LogP contribution >= 0.6 is 23.6 Å². The maximum absolute atomic E-state index is 12.6. The Balaban J connectivity index is 1.31. The van der Waals surface area contributed by atoms with Crippen LogP contribution in [0.15, 0.2) is 43.0 Å². The van der Waals surface area contributed by atoms with E-state index in [9.17, 15) is 4.79 Å². The fourth-order valence-electron chi connectivity index (χ4n) is 3.76. The number of aromatic nitrogens is 4. The molecule has 1 saturated heterocycles. The fourth-order valence-corrected chi connectivity index (χ4v) is 4.94. The first-order valence-electron chi connectivity index (χ1n) is 10.6. The quantitative estimate of drug-likeness (QED) is 0.389. The van der Waals surface area contributed by atoms with Gasteiger partial charge in [0, 0.05) is 39.3 Å². The minimum Gasteiger partial charge on any atom is -0.301 e. The molecule has 0 aliphatic carbocycles. The third-order valence-electron chi connectivity index (χ3n) is 5.40. The molecule has 1 aliphatic heterocycles. The summed E-state index contributed by atoms with van der Waals surface area (Å²) in [6, 6.07) is 10.5. The monoisotopic (exact) mass is 469 g/mol. The number of nitrogens with zero attached hydrogens (tertiary/aromatic N) is 5. The molecule has 3 aromatic rings. The van der Waals surface area contributed by atoms with Crippen molar-refractivity contribution in [1.29, 1.82) is 0 Å². The van der Waals surface area contributed by atoms with Crippen LogP contribution in [0.3, 0.4) is 0 Å². The Morgan fingerprint density at radius 2 is 1.97 bits per heavy atom. The number of carbonyl (C=O) groups excluding carboxylic acids is 1. The number of nitrogens with one attached hydrogen (secondary N) is 2. The normalized spacial score (nSPS) is 15.0. The molecule has 2 N–H and O–H groups in total. The second-order valence-corrected chi connectivity index (χ2v) is 9.16. The van der Waals surface area contributed by atoms with Crippen molar-refractivity contribution in [2.45, 2.75) is 20.0 Å². The molecule has 1 fully saturated rings. The summed E-state index contributed by atoms with van der Waals surface area (Å²) >= 11 is 6.70. The number of aromatic amines is 1. The Bertz CT molecular complexity index is 1130. The molecule has 0 radical (unpaired) electrons. The van der Waals surface area contributed by atoms with Crippen molar-refractivity contribution in [3.8, 4) is 10.7 Å². The Hall–Kier alpha value is -2.66. The first-order chi connectivity index (χ1) is 15.5. The highest BCUT2D eigenvalue weighted by Crippen LogP contribution is 2.31. The highest BCUT2D eigenvalue weighted by Gasteiger charge is 2.21. The summed E-state index contributed by atoms with van der Waals surface area (Å²) in [5.41, 5.74) is 2.13. The van der Waals surface area contributed by atoms with Crippen LogP contribution in [-0.4, -0.2) is 68.2 Å². The van der Waals surface area contributed by atoms with E-state index < -0.39 is 0 Å². The van der Waals surface area contributed by atoms with Crippen LogP contribution in [0, 0.1) is 11.7 Å². The molecule has 4 rings (SSSR count). The molecule has 10 heteroatoms. The van der Waals surface area contributed by atoms with Gasteiger partial charge in [-0.15, -0.1) is 6.58 Å². The number of hydrogen-bond donors (Lipinski definition) is 2. The average molecular weight is 470 g/mol. The first-order valence-corrected chi connectivity index (χ1v) is 11.8. The summed E-state index contributed by atoms with van der Waals surface area (Å²) < 4.78 is 2.40. The summed E-state index contributed by atoms with van der Waals surface area (Å²) in [7, 11) is 0. The van der Waals surface area contributed by atoms with E-state index in [-0.39, 0.29) is 5.91 Å². The minimum atomic E-state index is -0.0493. The minimum absolute atomic E-state index is 0.0493. The summed E-state index contributed by atoms with van der Waals surface area (Å²) in [6.45, 7) is 11.2. The molecule has 8 nitrogen and oxygen atoms in total. The molecule has 1 amide bonds. The lowest BCUT2D eigenvalue weighted by Gasteiger charge is -2.34. The van der Waals surface area contributed by atoms with E-state index in [2.05, 4.69) is 61.1 Å². The van der Waals surface area contributed by atoms with Crippen LogP contribution in [0.4, 0.5) is 5.13 Å². The number of hydrogen-bond acceptors (Lipinski definition) is 7. The van der Waals surface area contributed by atoms with Gasteiger partial charge in [0.05, 0.1) is 17.1 Å². The van der Waals surface area contributed by atoms with E-state index in [0.717, 1.165) is 43.3 Å². The summed E-state index contributed by atoms with van der Waals surface area (Å²) in [5, 5.41) is 10.7. The van der Waals surface area contributed by atoms with E-state index in [0.29, 0.717) is 28.8 Å². The highest BCUT2D eigenvalue weighted by atomic mass is 32.1. The maximum Gasteiger partial charge on any atom is 0.240 e. The van der Waals surface area contributed by atoms with Gasteiger partial charge in [-0.05, 0) is 24.7 Å². The van der Waals surface area contributed by atoms with Crippen molar-refractivity contribution in [3.63, 3.8) is 0 Å². The predicted molar refractivity (Wildman–Crippen MR) is 130 cm³/mol. The Labute approximate surface area is 196 Å². The third-order valence-corrected chi connectivity index (χ3v) is 6.78. The molecule has 168 valence electrons. The van der Waals surface area contributed by atoms with Crippen molar-refractivity contribution in [3.05, 3.63) is 59.0 Å². The van der Waals surface area contributed by atoms with Crippen LogP contribution in [-0.2, 0) is 17.9 Å². The van der Waals surface area contributed by atoms with Gasteiger partial charge in [0.1, 0.15) is 0 Å². The van der Waals surface area contributed by atoms with Gasteiger partial charge in [0.25, 0.3) is 0 Å². The SMILES string of the molecule is C=CCn1c(-c2sc(NC(=O)CN3CCN(Cc4ccccc4)CC3)nc2C)n[nH]c1=S. The smallest absolute Gasteiger partial charge is 0.240 e. The zero-order valence-corrected chi connectivity index (χ0v) is 19.7. The van der Waals surface area contributed by atoms with E-state index >= 15 is 0 Å². The number of H-pyrrole nitrogens is 1. The Morgan fingerprint density at radius 3 is 2.69 bits per heavy atom. The van der Waals surface area contributed by atoms with Crippen molar-refractivity contribution in [2.75, 3.05) is 38.0 Å². The molecule has 1 aliphatic rings. The summed E-state index contributed by atoms with van der Waals surface area (Å²) in [6.07, 6.45) is 1.77. The van der Waals surface area contributed by atoms with Crippen LogP contribution in [0.1, 0.15) is 11.3 Å². The molecule has 3 heterocycles. The zero-order chi connectivity index (χ0) is 22.5. The summed E-state index contributed by atoms with van der Waals surface area (Å²) in [5.74, 6) is 0.659. The molecule has 0 atom stereocenters. The Morgan fingerprint density at radius 1 is 1.25 bits per heavy atom. The second-order valence-electron chi connectivity index (χ2n) is 7.77. The largest absolute Gasteiger partial charge is 0.301 e. The lowest BCUT2D eigenvalue weighted by molar-refractivity contribution is -0.117. The second kappa shape index (κ2) is 10.3. The van der Waals surface area contributed by atoms with Crippen LogP contribution in [0.5, 0.6) is 0 Å². The molecule has 0 unspecified atom stereocenters. The maximum atomic E-state index is 12.6. The van der Waals surface area contributed by atoms with Crippen LogP contribution in [0.25, 0.3) is 10.7 Å². The number of aryl methyl sites for hydroxylation is 1. The third kappa shape index (κ3) is 5.39. The van der Waals surface area contributed by atoms with Crippen LogP contribution in [0.2, 0.25) is 0 Å². The van der Waals surface area contributed by atoms with Crippen molar-refractivity contribution in [1.82, 2.24) is 29.5 Å². The predicted octanol–water partition coefficient (Wildman–Crippen LogP) is 3.31. The number of amides is 1. The van der Waals surface area contributed by atoms with Gasteiger partial charge in [-0.25, -0.2) is 4.98 Å². The first kappa shape index (κ1) is 22.5. The molecule has 32 heavy (non-hydrogen) atoms. The standard InChI is InChI=1S/C22H27N7OS2/c1-3-9-29-20(25-26-22(29)31)19-16(2)23-21(32-19)24-18(30)15-28-12-10-27(11-13-28)14-17-7-5-4-6-8-17/h3-8H,1,9-15H2,2H3,(H,26,31)(H,23,24,30). The zero-order valence-electron chi connectivity index (χ0n) is 18.1. The van der Waals surface area contributed by atoms with Gasteiger partial charge in [0.2, 0.25) is 5.91 Å². The van der Waals surface area contributed by atoms with E-state index in [1.54, 1.807) is 6.08 Å². The van der Waals surface area contributed by atoms with Gasteiger partial charge in [-0.1, -0.05) is 47.7 Å². The van der Waals surface area contributed by atoms with Gasteiger partial charge >= 0.3 is 0 Å². The molecule has 0 spiro atoms. The lowest BCUT2D eigenvalue weighted by Crippen LogP contribution is -2.48. The molecule has 1 aromatic carbocycles. The highest BCUT2D eigenvalue weighted by molar-refractivity contribution is 7.71. The summed E-state index contributed by atoms with van der Waals surface area (Å²) in [4.78, 5) is 22.6. The Kier molecular flexibility index (Phi) is 7.26.